The van der Waals surface area contributed by atoms with Crippen LogP contribution in [0.4, 0.5) is 11.4 Å². The molecular weight excluding hydrogens is 412 g/mol. The highest BCUT2D eigenvalue weighted by atomic mass is 35.5. The number of sulfone groups is 1. The Hall–Kier alpha value is -2.38. The zero-order chi connectivity index (χ0) is 21.3. The SMILES string of the molecule is CC(C)C[C@H]1C(=O)Nc2cc(S(C)(=O)=O)ccc2N1C(=O)Cc1ccccc1Cl. The number of halogens is 1. The van der Waals surface area contributed by atoms with Gasteiger partial charge >= 0.3 is 0 Å². The highest BCUT2D eigenvalue weighted by molar-refractivity contribution is 7.90. The van der Waals surface area contributed by atoms with Gasteiger partial charge in [0.25, 0.3) is 0 Å². The first-order chi connectivity index (χ1) is 13.6. The maximum absolute atomic E-state index is 13.3. The molecule has 0 aromatic heterocycles. The molecule has 0 saturated carbocycles. The first-order valence-electron chi connectivity index (χ1n) is 9.28. The number of fused-ring (bicyclic) bond motifs is 1. The number of carbonyl (C=O) groups is 2. The molecule has 1 N–H and O–H groups in total. The van der Waals surface area contributed by atoms with Crippen molar-refractivity contribution in [3.8, 4) is 0 Å². The summed E-state index contributed by atoms with van der Waals surface area (Å²) in [6.07, 6.45) is 1.61. The molecule has 0 fully saturated rings. The van der Waals surface area contributed by atoms with Crippen LogP contribution in [0.2, 0.25) is 5.02 Å². The van der Waals surface area contributed by atoms with Crippen molar-refractivity contribution >= 4 is 44.6 Å². The number of amides is 2. The summed E-state index contributed by atoms with van der Waals surface area (Å²) in [6, 6.07) is 10.8. The molecule has 0 spiro atoms. The molecule has 2 amide bonds. The van der Waals surface area contributed by atoms with E-state index in [-0.39, 0.29) is 29.0 Å². The van der Waals surface area contributed by atoms with Crippen LogP contribution < -0.4 is 10.2 Å². The molecule has 3 rings (SSSR count). The van der Waals surface area contributed by atoms with Crippen LogP contribution in [-0.2, 0) is 25.8 Å². The summed E-state index contributed by atoms with van der Waals surface area (Å²) in [5, 5.41) is 3.25. The molecule has 1 heterocycles. The van der Waals surface area contributed by atoms with Gasteiger partial charge in [-0.05, 0) is 42.2 Å². The lowest BCUT2D eigenvalue weighted by molar-refractivity contribution is -0.124. The van der Waals surface area contributed by atoms with Gasteiger partial charge in [-0.25, -0.2) is 8.42 Å². The quantitative estimate of drug-likeness (QED) is 0.777. The van der Waals surface area contributed by atoms with Gasteiger partial charge in [-0.3, -0.25) is 14.5 Å². The molecule has 0 unspecified atom stereocenters. The molecule has 0 radical (unpaired) electrons. The van der Waals surface area contributed by atoms with Crippen molar-refractivity contribution in [2.24, 2.45) is 5.92 Å². The molecule has 1 aliphatic heterocycles. The van der Waals surface area contributed by atoms with Gasteiger partial charge in [-0.2, -0.15) is 0 Å². The minimum atomic E-state index is -3.45. The third-order valence-corrected chi connectivity index (χ3v) is 6.27. The summed E-state index contributed by atoms with van der Waals surface area (Å²) in [6.45, 7) is 3.96. The fraction of sp³-hybridized carbons (Fsp3) is 0.333. The molecule has 1 aliphatic rings. The summed E-state index contributed by atoms with van der Waals surface area (Å²) in [5.74, 6) is -0.422. The molecule has 0 bridgehead atoms. The summed E-state index contributed by atoms with van der Waals surface area (Å²) < 4.78 is 23.8. The number of anilines is 2. The van der Waals surface area contributed by atoms with Crippen LogP contribution in [0.15, 0.2) is 47.4 Å². The smallest absolute Gasteiger partial charge is 0.247 e. The predicted molar refractivity (Wildman–Crippen MR) is 114 cm³/mol. The van der Waals surface area contributed by atoms with Crippen LogP contribution in [-0.4, -0.2) is 32.5 Å². The van der Waals surface area contributed by atoms with Crippen molar-refractivity contribution in [1.29, 1.82) is 0 Å². The van der Waals surface area contributed by atoms with Gasteiger partial charge in [0, 0.05) is 11.3 Å². The highest BCUT2D eigenvalue weighted by Crippen LogP contribution is 2.36. The predicted octanol–water partition coefficient (Wildman–Crippen LogP) is 3.69. The van der Waals surface area contributed by atoms with Crippen molar-refractivity contribution in [2.45, 2.75) is 37.6 Å². The van der Waals surface area contributed by atoms with Crippen molar-refractivity contribution in [3.63, 3.8) is 0 Å². The van der Waals surface area contributed by atoms with E-state index in [0.717, 1.165) is 6.26 Å². The van der Waals surface area contributed by atoms with Gasteiger partial charge in [0.05, 0.1) is 22.7 Å². The Bertz CT molecular complexity index is 1070. The monoisotopic (exact) mass is 434 g/mol. The van der Waals surface area contributed by atoms with E-state index in [1.54, 1.807) is 30.3 Å². The molecule has 0 aliphatic carbocycles. The van der Waals surface area contributed by atoms with E-state index in [4.69, 9.17) is 11.6 Å². The Morgan fingerprint density at radius 3 is 2.52 bits per heavy atom. The van der Waals surface area contributed by atoms with E-state index in [0.29, 0.717) is 28.4 Å². The molecule has 6 nitrogen and oxygen atoms in total. The number of carbonyl (C=O) groups excluding carboxylic acids is 2. The Morgan fingerprint density at radius 1 is 1.21 bits per heavy atom. The van der Waals surface area contributed by atoms with Crippen LogP contribution in [0.25, 0.3) is 0 Å². The average Bonchev–Trinajstić information content (AvgIpc) is 2.62. The lowest BCUT2D eigenvalue weighted by atomic mass is 9.97. The standard InChI is InChI=1S/C21H23ClN2O4S/c1-13(2)10-19-21(26)23-17-12-15(29(3,27)28)8-9-18(17)24(19)20(25)11-14-6-4-5-7-16(14)22/h4-9,12-13,19H,10-11H2,1-3H3,(H,23,26)/t19-/m0/s1. The molecule has 2 aromatic carbocycles. The van der Waals surface area contributed by atoms with Gasteiger partial charge in [0.2, 0.25) is 11.8 Å². The molecule has 0 saturated heterocycles. The largest absolute Gasteiger partial charge is 0.322 e. The van der Waals surface area contributed by atoms with Gasteiger partial charge < -0.3 is 5.32 Å². The maximum atomic E-state index is 13.3. The van der Waals surface area contributed by atoms with Crippen LogP contribution >= 0.6 is 11.6 Å². The van der Waals surface area contributed by atoms with E-state index >= 15 is 0 Å². The second kappa shape index (κ2) is 8.16. The topological polar surface area (TPSA) is 83.6 Å². The molecule has 154 valence electrons. The summed E-state index contributed by atoms with van der Waals surface area (Å²) in [5.41, 5.74) is 1.47. The third kappa shape index (κ3) is 4.62. The Balaban J connectivity index is 2.06. The van der Waals surface area contributed by atoms with E-state index in [1.165, 1.54) is 17.0 Å². The van der Waals surface area contributed by atoms with Gasteiger partial charge in [0.1, 0.15) is 6.04 Å². The minimum Gasteiger partial charge on any atom is -0.322 e. The number of nitrogens with zero attached hydrogens (tertiary/aromatic N) is 1. The van der Waals surface area contributed by atoms with Gasteiger partial charge in [-0.1, -0.05) is 43.6 Å². The summed E-state index contributed by atoms with van der Waals surface area (Å²) >= 11 is 6.21. The van der Waals surface area contributed by atoms with Crippen molar-refractivity contribution in [2.75, 3.05) is 16.5 Å². The minimum absolute atomic E-state index is 0.0365. The Kier molecular flexibility index (Phi) is 6.00. The normalized spacial score (nSPS) is 16.5. The van der Waals surface area contributed by atoms with Crippen LogP contribution in [0.3, 0.4) is 0 Å². The van der Waals surface area contributed by atoms with Gasteiger partial charge in [-0.15, -0.1) is 0 Å². The summed E-state index contributed by atoms with van der Waals surface area (Å²) in [4.78, 5) is 27.6. The zero-order valence-corrected chi connectivity index (χ0v) is 18.0. The Morgan fingerprint density at radius 2 is 1.90 bits per heavy atom. The average molecular weight is 435 g/mol. The molecule has 8 heteroatoms. The van der Waals surface area contributed by atoms with Crippen LogP contribution in [0, 0.1) is 5.92 Å². The maximum Gasteiger partial charge on any atom is 0.247 e. The van der Waals surface area contributed by atoms with Crippen molar-refractivity contribution in [3.05, 3.63) is 53.1 Å². The van der Waals surface area contributed by atoms with E-state index < -0.39 is 15.9 Å². The number of hydrogen-bond donors (Lipinski definition) is 1. The fourth-order valence-electron chi connectivity index (χ4n) is 3.41. The highest BCUT2D eigenvalue weighted by Gasteiger charge is 2.37. The lowest BCUT2D eigenvalue weighted by Crippen LogP contribution is -2.52. The van der Waals surface area contributed by atoms with E-state index in [2.05, 4.69) is 5.32 Å². The molecule has 2 aromatic rings. The van der Waals surface area contributed by atoms with Gasteiger partial charge in [0.15, 0.2) is 9.84 Å². The third-order valence-electron chi connectivity index (χ3n) is 4.79. The summed E-state index contributed by atoms with van der Waals surface area (Å²) in [7, 11) is -3.45. The van der Waals surface area contributed by atoms with E-state index in [1.807, 2.05) is 13.8 Å². The Labute approximate surface area is 175 Å². The van der Waals surface area contributed by atoms with Crippen LogP contribution in [0.1, 0.15) is 25.8 Å². The molecule has 29 heavy (non-hydrogen) atoms. The second-order valence-corrected chi connectivity index (χ2v) is 10.0. The fourth-order valence-corrected chi connectivity index (χ4v) is 4.26. The number of rotatable bonds is 5. The second-order valence-electron chi connectivity index (χ2n) is 7.62. The first-order valence-corrected chi connectivity index (χ1v) is 11.6. The molecule has 1 atom stereocenters. The van der Waals surface area contributed by atoms with E-state index in [9.17, 15) is 18.0 Å². The first kappa shape index (κ1) is 21.3. The number of benzene rings is 2. The van der Waals surface area contributed by atoms with Crippen molar-refractivity contribution < 1.29 is 18.0 Å². The lowest BCUT2D eigenvalue weighted by Gasteiger charge is -2.37. The van der Waals surface area contributed by atoms with Crippen LogP contribution in [0.5, 0.6) is 0 Å². The molecular formula is C21H23ClN2O4S. The van der Waals surface area contributed by atoms with Crippen molar-refractivity contribution in [1.82, 2.24) is 0 Å². The number of hydrogen-bond acceptors (Lipinski definition) is 4. The zero-order valence-electron chi connectivity index (χ0n) is 16.5. The number of nitrogens with one attached hydrogen (secondary N) is 1.